The van der Waals surface area contributed by atoms with Gasteiger partial charge in [0.1, 0.15) is 23.2 Å². The zero-order valence-corrected chi connectivity index (χ0v) is 11.9. The van der Waals surface area contributed by atoms with Gasteiger partial charge in [0.05, 0.1) is 10.2 Å². The average Bonchev–Trinajstić information content (AvgIpc) is 2.60. The summed E-state index contributed by atoms with van der Waals surface area (Å²) in [6, 6.07) is 4.71. The highest BCUT2D eigenvalue weighted by Gasteiger charge is 2.05. The third kappa shape index (κ3) is 3.04. The van der Waals surface area contributed by atoms with Crippen molar-refractivity contribution in [3.8, 4) is 5.75 Å². The lowest BCUT2D eigenvalue weighted by Crippen LogP contribution is -1.95. The Morgan fingerprint density at radius 2 is 2.18 bits per heavy atom. The van der Waals surface area contributed by atoms with E-state index in [1.807, 2.05) is 13.8 Å². The molecule has 2 aromatic rings. The van der Waals surface area contributed by atoms with Gasteiger partial charge in [-0.15, -0.1) is 11.3 Å². The van der Waals surface area contributed by atoms with Crippen LogP contribution in [-0.2, 0) is 6.61 Å². The second-order valence-corrected chi connectivity index (χ2v) is 5.76. The highest BCUT2D eigenvalue weighted by Crippen LogP contribution is 2.23. The lowest BCUT2D eigenvalue weighted by atomic mass is 10.3. The predicted molar refractivity (Wildman–Crippen MR) is 70.0 cm³/mol. The maximum atomic E-state index is 13.2. The molecule has 0 aliphatic carbocycles. The molecule has 0 saturated heterocycles. The molecular weight excluding hydrogens is 305 g/mol. The van der Waals surface area contributed by atoms with Gasteiger partial charge in [-0.05, 0) is 41.9 Å². The van der Waals surface area contributed by atoms with Gasteiger partial charge >= 0.3 is 0 Å². The first-order valence-electron chi connectivity index (χ1n) is 5.07. The summed E-state index contributed by atoms with van der Waals surface area (Å²) in [5, 5.41) is 0.906. The van der Waals surface area contributed by atoms with Crippen molar-refractivity contribution in [2.45, 2.75) is 20.5 Å². The van der Waals surface area contributed by atoms with Crippen molar-refractivity contribution in [2.24, 2.45) is 0 Å². The van der Waals surface area contributed by atoms with Crippen LogP contribution in [0, 0.1) is 19.7 Å². The standard InChI is InChI=1S/C12H11BrFNOS/c1-7-8(2)17-12(15-7)6-16-9-3-4-10(13)11(14)5-9/h3-5H,6H2,1-2H3. The highest BCUT2D eigenvalue weighted by atomic mass is 79.9. The molecule has 0 N–H and O–H groups in total. The summed E-state index contributed by atoms with van der Waals surface area (Å²) in [4.78, 5) is 5.54. The maximum Gasteiger partial charge on any atom is 0.141 e. The lowest BCUT2D eigenvalue weighted by molar-refractivity contribution is 0.303. The van der Waals surface area contributed by atoms with Crippen LogP contribution in [0.4, 0.5) is 4.39 Å². The van der Waals surface area contributed by atoms with E-state index >= 15 is 0 Å². The molecule has 0 bridgehead atoms. The third-order valence-electron chi connectivity index (χ3n) is 2.33. The number of aromatic nitrogens is 1. The fourth-order valence-corrected chi connectivity index (χ4v) is 2.41. The first-order chi connectivity index (χ1) is 8.06. The smallest absolute Gasteiger partial charge is 0.141 e. The molecule has 0 unspecified atom stereocenters. The molecule has 2 rings (SSSR count). The minimum absolute atomic E-state index is 0.325. The second kappa shape index (κ2) is 5.14. The highest BCUT2D eigenvalue weighted by molar-refractivity contribution is 9.10. The largest absolute Gasteiger partial charge is 0.486 e. The van der Waals surface area contributed by atoms with Gasteiger partial charge in [-0.2, -0.15) is 0 Å². The second-order valence-electron chi connectivity index (χ2n) is 3.61. The zero-order chi connectivity index (χ0) is 12.4. The lowest BCUT2D eigenvalue weighted by Gasteiger charge is -2.04. The SMILES string of the molecule is Cc1nc(COc2ccc(Br)c(F)c2)sc1C. The Bertz CT molecular complexity index is 522. The topological polar surface area (TPSA) is 22.1 Å². The Balaban J connectivity index is 2.04. The monoisotopic (exact) mass is 315 g/mol. The summed E-state index contributed by atoms with van der Waals surface area (Å²) in [6.07, 6.45) is 0. The van der Waals surface area contributed by atoms with E-state index < -0.39 is 0 Å². The molecule has 0 amide bonds. The zero-order valence-electron chi connectivity index (χ0n) is 9.46. The number of benzene rings is 1. The van der Waals surface area contributed by atoms with Crippen molar-refractivity contribution in [1.82, 2.24) is 4.98 Å². The van der Waals surface area contributed by atoms with E-state index in [0.29, 0.717) is 16.8 Å². The molecule has 0 aliphatic heterocycles. The van der Waals surface area contributed by atoms with Crippen molar-refractivity contribution < 1.29 is 9.13 Å². The third-order valence-corrected chi connectivity index (χ3v) is 4.02. The van der Waals surface area contributed by atoms with Crippen LogP contribution in [0.25, 0.3) is 0 Å². The Morgan fingerprint density at radius 1 is 1.41 bits per heavy atom. The summed E-state index contributed by atoms with van der Waals surface area (Å²) in [7, 11) is 0. The van der Waals surface area contributed by atoms with Crippen LogP contribution in [0.15, 0.2) is 22.7 Å². The number of aryl methyl sites for hydroxylation is 2. The quantitative estimate of drug-likeness (QED) is 0.845. The first kappa shape index (κ1) is 12.5. The molecule has 17 heavy (non-hydrogen) atoms. The summed E-state index contributed by atoms with van der Waals surface area (Å²) >= 11 is 4.70. The van der Waals surface area contributed by atoms with Gasteiger partial charge in [-0.3, -0.25) is 0 Å². The van der Waals surface area contributed by atoms with Crippen molar-refractivity contribution in [1.29, 1.82) is 0 Å². The molecule has 1 aromatic heterocycles. The van der Waals surface area contributed by atoms with Crippen LogP contribution in [0.3, 0.4) is 0 Å². The molecule has 1 heterocycles. The normalized spacial score (nSPS) is 10.6. The van der Waals surface area contributed by atoms with E-state index in [2.05, 4.69) is 20.9 Å². The fourth-order valence-electron chi connectivity index (χ4n) is 1.31. The van der Waals surface area contributed by atoms with Crippen molar-refractivity contribution in [2.75, 3.05) is 0 Å². The van der Waals surface area contributed by atoms with Crippen molar-refractivity contribution >= 4 is 27.3 Å². The van der Waals surface area contributed by atoms with Crippen LogP contribution in [-0.4, -0.2) is 4.98 Å². The van der Waals surface area contributed by atoms with Gasteiger partial charge in [-0.25, -0.2) is 9.37 Å². The van der Waals surface area contributed by atoms with Gasteiger partial charge in [0.25, 0.3) is 0 Å². The predicted octanol–water partition coefficient (Wildman–Crippen LogP) is 4.24. The van der Waals surface area contributed by atoms with Crippen molar-refractivity contribution in [3.05, 3.63) is 44.1 Å². The molecule has 0 aliphatic rings. The van der Waals surface area contributed by atoms with Crippen LogP contribution < -0.4 is 4.74 Å². The van der Waals surface area contributed by atoms with Crippen LogP contribution in [0.1, 0.15) is 15.6 Å². The van der Waals surface area contributed by atoms with E-state index in [0.717, 1.165) is 10.7 Å². The average molecular weight is 316 g/mol. The van der Waals surface area contributed by atoms with E-state index in [-0.39, 0.29) is 5.82 Å². The van der Waals surface area contributed by atoms with E-state index in [1.54, 1.807) is 23.5 Å². The van der Waals surface area contributed by atoms with Gasteiger partial charge < -0.3 is 4.74 Å². The molecular formula is C12H11BrFNOS. The Labute approximate surface area is 112 Å². The minimum Gasteiger partial charge on any atom is -0.486 e. The fraction of sp³-hybridized carbons (Fsp3) is 0.250. The first-order valence-corrected chi connectivity index (χ1v) is 6.68. The van der Waals surface area contributed by atoms with E-state index in [4.69, 9.17) is 4.74 Å². The molecule has 90 valence electrons. The number of hydrogen-bond acceptors (Lipinski definition) is 3. The van der Waals surface area contributed by atoms with Gasteiger partial charge in [0, 0.05) is 10.9 Å². The van der Waals surface area contributed by atoms with Gasteiger partial charge in [-0.1, -0.05) is 0 Å². The molecule has 0 saturated carbocycles. The molecule has 5 heteroatoms. The molecule has 0 atom stereocenters. The van der Waals surface area contributed by atoms with Crippen molar-refractivity contribution in [3.63, 3.8) is 0 Å². The van der Waals surface area contributed by atoms with E-state index in [1.165, 1.54) is 10.9 Å². The van der Waals surface area contributed by atoms with Gasteiger partial charge in [0.2, 0.25) is 0 Å². The Morgan fingerprint density at radius 3 is 2.76 bits per heavy atom. The summed E-state index contributed by atoms with van der Waals surface area (Å²) < 4.78 is 19.2. The van der Waals surface area contributed by atoms with Gasteiger partial charge in [0.15, 0.2) is 0 Å². The van der Waals surface area contributed by atoms with Crippen LogP contribution in [0.5, 0.6) is 5.75 Å². The molecule has 1 aromatic carbocycles. The number of thiazole rings is 1. The Kier molecular flexibility index (Phi) is 3.79. The summed E-state index contributed by atoms with van der Waals surface area (Å²) in [5.41, 5.74) is 1.02. The molecule has 0 spiro atoms. The molecule has 2 nitrogen and oxygen atoms in total. The number of hydrogen-bond donors (Lipinski definition) is 0. The number of halogens is 2. The van der Waals surface area contributed by atoms with Crippen LogP contribution in [0.2, 0.25) is 0 Å². The molecule has 0 fully saturated rings. The maximum absolute atomic E-state index is 13.2. The van der Waals surface area contributed by atoms with E-state index in [9.17, 15) is 4.39 Å². The minimum atomic E-state index is -0.325. The Hall–Kier alpha value is -0.940. The number of nitrogens with zero attached hydrogens (tertiary/aromatic N) is 1. The number of ether oxygens (including phenoxy) is 1. The number of rotatable bonds is 3. The molecule has 0 radical (unpaired) electrons. The van der Waals surface area contributed by atoms with Crippen LogP contribution >= 0.6 is 27.3 Å². The summed E-state index contributed by atoms with van der Waals surface area (Å²) in [6.45, 7) is 4.37. The summed E-state index contributed by atoms with van der Waals surface area (Å²) in [5.74, 6) is 0.185.